The molecule has 10 heterocycles. The summed E-state index contributed by atoms with van der Waals surface area (Å²) in [6.45, 7) is 29.9. The number of nitrogens with one attached hydrogen (secondary N) is 4. The van der Waals surface area contributed by atoms with E-state index in [0.717, 1.165) is 100 Å². The second-order valence-corrected chi connectivity index (χ2v) is 36.4. The fraction of sp³-hybridized carbons (Fsp3) is 0.337. The molecule has 132 heavy (non-hydrogen) atoms. The highest BCUT2D eigenvalue weighted by molar-refractivity contribution is 6.02. The number of carbonyl (C=O) groups excluding carboxylic acids is 4. The number of rotatable bonds is 25. The zero-order valence-corrected chi connectivity index (χ0v) is 77.2. The van der Waals surface area contributed by atoms with Crippen molar-refractivity contribution in [1.29, 1.82) is 5.26 Å². The minimum Gasteiger partial charge on any atom is -0.383 e. The topological polar surface area (TPSA) is 425 Å². The summed E-state index contributed by atoms with van der Waals surface area (Å²) in [5.74, 6) is 1.00. The van der Waals surface area contributed by atoms with Crippen LogP contribution in [0.1, 0.15) is 162 Å². The minimum absolute atomic E-state index is 0.0309. The second-order valence-electron chi connectivity index (χ2n) is 36.4. The van der Waals surface area contributed by atoms with Gasteiger partial charge >= 0.3 is 0 Å². The van der Waals surface area contributed by atoms with Crippen molar-refractivity contribution in [2.45, 2.75) is 169 Å². The molecule has 8 aromatic heterocycles. The molecule has 15 aromatic rings. The van der Waals surface area contributed by atoms with E-state index in [9.17, 15) is 19.2 Å². The van der Waals surface area contributed by atoms with Gasteiger partial charge in [0.15, 0.2) is 22.6 Å². The smallest absolute Gasteiger partial charge is 0.251 e. The molecule has 2 aliphatic heterocycles. The van der Waals surface area contributed by atoms with Crippen molar-refractivity contribution in [3.63, 3.8) is 0 Å². The molecule has 4 amide bonds. The van der Waals surface area contributed by atoms with Gasteiger partial charge in [-0.3, -0.25) is 19.2 Å². The van der Waals surface area contributed by atoms with E-state index in [1.54, 1.807) is 4.68 Å². The summed E-state index contributed by atoms with van der Waals surface area (Å²) in [5, 5.41) is 43.0. The van der Waals surface area contributed by atoms with Crippen molar-refractivity contribution in [3.8, 4) is 51.1 Å². The van der Waals surface area contributed by atoms with Crippen LogP contribution in [0.3, 0.4) is 0 Å². The lowest BCUT2D eigenvalue weighted by molar-refractivity contribution is -0.122. The van der Waals surface area contributed by atoms with Crippen molar-refractivity contribution in [1.82, 2.24) is 100 Å². The SMILES string of the molecule is Cc1ccc(-c2nn(C(C)(C)CNC(=O)CC#N)c3ncnc(N)c23)cc1.Cc1ccc(-c2nn(C(C)(C)CNC(=O)CCCc3ccccc3)c3ncnc(N)c23)cc1.Cc1ccc(-c2nn(C(C)(C)CNC(=O)c3ccc(N4CCCCC4)cc3)c3ncnc(N)c23)cc1.Cc1ccc(-c2nn(C(C)(C)CNC(=O)c3cccc(N4CCCCC4)c3)c3ncnc(N)c23)cc1. The first kappa shape index (κ1) is 93.1. The van der Waals surface area contributed by atoms with Gasteiger partial charge in [-0.2, -0.15) is 25.7 Å². The summed E-state index contributed by atoms with van der Waals surface area (Å²) >= 11 is 0. The Bertz CT molecular complexity index is 6620. The second kappa shape index (κ2) is 40.7. The molecular weight excluding hydrogens is 1660 g/mol. The van der Waals surface area contributed by atoms with Crippen LogP contribution in [-0.2, 0) is 38.2 Å². The van der Waals surface area contributed by atoms with E-state index in [1.807, 2.05) is 261 Å². The lowest BCUT2D eigenvalue weighted by atomic mass is 10.1. The highest BCUT2D eigenvalue weighted by atomic mass is 16.2. The van der Waals surface area contributed by atoms with Gasteiger partial charge in [-0.1, -0.05) is 156 Å². The molecule has 2 fully saturated rings. The van der Waals surface area contributed by atoms with Gasteiger partial charge in [0, 0.05) is 104 Å². The van der Waals surface area contributed by atoms with E-state index in [-0.39, 0.29) is 30.0 Å². The molecule has 0 radical (unpaired) electrons. The lowest BCUT2D eigenvalue weighted by Gasteiger charge is -2.29. The standard InChI is InChI=1S/2C28H33N7O.C26H30N6O.C19H21N7O/c1-19-7-9-20(10-8-19)24-23-25(29)31-18-32-26(23)35(33-24)28(2,3)17-30-27(36)21-11-13-22(14-12-21)34-15-5-4-6-16-34;1-19-10-12-20(13-11-19)24-23-25(29)31-18-32-26(23)35(33-24)28(2,3)17-30-27(36)21-8-7-9-22(16-21)34-14-5-4-6-15-34;1-18-12-14-20(15-13-18)23-22-24(27)29-17-30-25(22)32(31-23)26(2,3)16-28-21(33)11-7-10-19-8-5-4-6-9-19;1-12-4-6-13(7-5-12)16-15-17(21)23-11-24-18(15)26(25-16)19(2,3)10-22-14(27)8-9-20/h7-14,18H,4-6,15-17H2,1-3H3,(H,30,36)(H2,29,31,32);7-13,16,18H,4-6,14-15,17H2,1-3H3,(H,30,36)(H2,29,31,32);4-6,8-9,12-15,17H,7,10-11,16H2,1-3H3,(H,28,33)(H2,27,29,30);4-7,11H,8,10H2,1-3H3,(H,22,27)(H2,21,23,24). The van der Waals surface area contributed by atoms with Crippen LogP contribution < -0.4 is 54.0 Å². The molecule has 680 valence electrons. The molecule has 0 bridgehead atoms. The molecule has 0 saturated carbocycles. The predicted molar refractivity (Wildman–Crippen MR) is 522 cm³/mol. The molecule has 2 aliphatic rings. The number of amides is 4. The van der Waals surface area contributed by atoms with Crippen LogP contribution in [0.2, 0.25) is 0 Å². The van der Waals surface area contributed by atoms with Gasteiger partial charge in [-0.05, 0) is 182 Å². The molecule has 0 atom stereocenters. The fourth-order valence-corrected chi connectivity index (χ4v) is 16.3. The van der Waals surface area contributed by atoms with Crippen LogP contribution >= 0.6 is 0 Å². The first-order valence-electron chi connectivity index (χ1n) is 44.8. The maximum absolute atomic E-state index is 13.1. The number of nitrogens with zero attached hydrogens (tertiary/aromatic N) is 19. The van der Waals surface area contributed by atoms with Crippen molar-refractivity contribution >= 4 is 102 Å². The molecule has 12 N–H and O–H groups in total. The van der Waals surface area contributed by atoms with Crippen molar-refractivity contribution in [2.24, 2.45) is 0 Å². The number of aryl methyl sites for hydroxylation is 5. The number of hydrogen-bond acceptors (Lipinski definition) is 23. The highest BCUT2D eigenvalue weighted by Crippen LogP contribution is 2.39. The van der Waals surface area contributed by atoms with E-state index < -0.39 is 22.2 Å². The Kier molecular flexibility index (Phi) is 28.7. The van der Waals surface area contributed by atoms with E-state index in [0.29, 0.717) is 106 Å². The van der Waals surface area contributed by atoms with Crippen molar-refractivity contribution in [3.05, 3.63) is 240 Å². The maximum Gasteiger partial charge on any atom is 0.251 e. The van der Waals surface area contributed by atoms with Crippen molar-refractivity contribution < 1.29 is 19.2 Å². The number of nitriles is 1. The van der Waals surface area contributed by atoms with Gasteiger partial charge in [0.1, 0.15) is 77.8 Å². The van der Waals surface area contributed by atoms with Gasteiger partial charge in [-0.25, -0.2) is 58.6 Å². The van der Waals surface area contributed by atoms with Gasteiger partial charge in [0.25, 0.3) is 11.8 Å². The average Bonchev–Trinajstić information content (AvgIpc) is 1.62. The Morgan fingerprint density at radius 1 is 0.364 bits per heavy atom. The molecule has 0 aliphatic carbocycles. The first-order chi connectivity index (χ1) is 63.3. The average molecular weight is 1770 g/mol. The van der Waals surface area contributed by atoms with Crippen LogP contribution in [0, 0.1) is 39.0 Å². The quantitative estimate of drug-likeness (QED) is 0.0263. The molecule has 0 spiro atoms. The molecule has 31 nitrogen and oxygen atoms in total. The zero-order chi connectivity index (χ0) is 93.6. The third-order valence-corrected chi connectivity index (χ3v) is 24.0. The Morgan fingerprint density at radius 2 is 0.689 bits per heavy atom. The lowest BCUT2D eigenvalue weighted by Crippen LogP contribution is -2.41. The van der Waals surface area contributed by atoms with Crippen molar-refractivity contribution in [2.75, 3.05) is 85.1 Å². The summed E-state index contributed by atoms with van der Waals surface area (Å²) in [5.41, 5.74) is 41.3. The molecule has 17 rings (SSSR count). The Labute approximate surface area is 768 Å². The van der Waals surface area contributed by atoms with Gasteiger partial charge in [0.05, 0.1) is 49.8 Å². The van der Waals surface area contributed by atoms with E-state index >= 15 is 0 Å². The molecule has 31 heteroatoms. The van der Waals surface area contributed by atoms with E-state index in [1.165, 1.54) is 91.8 Å². The highest BCUT2D eigenvalue weighted by Gasteiger charge is 2.34. The number of nitrogens with two attached hydrogens (primary N) is 4. The number of hydrogen-bond donors (Lipinski definition) is 8. The van der Waals surface area contributed by atoms with Crippen LogP contribution in [0.25, 0.3) is 89.2 Å². The van der Waals surface area contributed by atoms with E-state index in [4.69, 9.17) is 48.6 Å². The summed E-state index contributed by atoms with van der Waals surface area (Å²) in [7, 11) is 0. The first-order valence-corrected chi connectivity index (χ1v) is 44.8. The monoisotopic (exact) mass is 1770 g/mol. The van der Waals surface area contributed by atoms with Crippen LogP contribution in [0.15, 0.2) is 201 Å². The molecule has 2 saturated heterocycles. The largest absolute Gasteiger partial charge is 0.383 e. The zero-order valence-electron chi connectivity index (χ0n) is 77.2. The third kappa shape index (κ3) is 21.7. The summed E-state index contributed by atoms with van der Waals surface area (Å²) in [4.78, 5) is 89.6. The summed E-state index contributed by atoms with van der Waals surface area (Å²) in [6.07, 6.45) is 15.2. The predicted octanol–water partition coefficient (Wildman–Crippen LogP) is 15.5. The van der Waals surface area contributed by atoms with E-state index in [2.05, 4.69) is 89.1 Å². The molecule has 7 aromatic carbocycles. The Morgan fingerprint density at radius 3 is 1.04 bits per heavy atom. The Hall–Kier alpha value is -15.1. The third-order valence-electron chi connectivity index (χ3n) is 24.0. The summed E-state index contributed by atoms with van der Waals surface area (Å²) in [6, 6.07) is 60.2. The number of aromatic nitrogens is 16. The number of benzene rings is 7. The molecule has 0 unspecified atom stereocenters. The normalized spacial score (nSPS) is 13.0. The number of piperidine rings is 2. The van der Waals surface area contributed by atoms with Crippen LogP contribution in [0.4, 0.5) is 34.6 Å². The number of fused-ring (bicyclic) bond motifs is 4. The minimum atomic E-state index is -0.590. The molecular formula is C101H117N27O4. The van der Waals surface area contributed by atoms with Gasteiger partial charge in [-0.15, -0.1) is 0 Å². The van der Waals surface area contributed by atoms with Crippen LogP contribution in [0.5, 0.6) is 0 Å². The van der Waals surface area contributed by atoms with Gasteiger partial charge < -0.3 is 54.0 Å². The summed E-state index contributed by atoms with van der Waals surface area (Å²) < 4.78 is 7.29. The Balaban J connectivity index is 0.000000142. The maximum atomic E-state index is 13.1. The van der Waals surface area contributed by atoms with Crippen LogP contribution in [-0.4, -0.2) is 155 Å². The number of nitrogen functional groups attached to an aromatic ring is 4. The number of anilines is 6. The number of carbonyl (C=O) groups is 4. The van der Waals surface area contributed by atoms with Gasteiger partial charge in [0.2, 0.25) is 11.8 Å². The fourth-order valence-electron chi connectivity index (χ4n) is 16.3.